The van der Waals surface area contributed by atoms with Gasteiger partial charge in [-0.05, 0) is 37.0 Å². The van der Waals surface area contributed by atoms with Crippen LogP contribution in [0.3, 0.4) is 0 Å². The molecule has 0 aromatic heterocycles. The van der Waals surface area contributed by atoms with E-state index in [1.165, 1.54) is 18.2 Å². The molecule has 0 bridgehead atoms. The zero-order valence-corrected chi connectivity index (χ0v) is 15.6. The highest BCUT2D eigenvalue weighted by molar-refractivity contribution is 5.97. The topological polar surface area (TPSA) is 114 Å². The number of amides is 4. The Balaban J connectivity index is 1.65. The number of nitrogens with one attached hydrogen (secondary N) is 3. The third-order valence-electron chi connectivity index (χ3n) is 4.53. The van der Waals surface area contributed by atoms with Crippen molar-refractivity contribution in [1.29, 1.82) is 0 Å². The molecule has 4 amide bonds. The van der Waals surface area contributed by atoms with E-state index < -0.39 is 42.8 Å². The maximum absolute atomic E-state index is 13.1. The predicted molar refractivity (Wildman–Crippen MR) is 97.8 cm³/mol. The first-order valence-electron chi connectivity index (χ1n) is 9.15. The summed E-state index contributed by atoms with van der Waals surface area (Å²) in [5.41, 5.74) is 0.0548. The average Bonchev–Trinajstić information content (AvgIpc) is 2.66. The van der Waals surface area contributed by atoms with Gasteiger partial charge in [-0.25, -0.2) is 9.18 Å². The van der Waals surface area contributed by atoms with Crippen LogP contribution in [-0.2, 0) is 14.3 Å². The molecule has 1 fully saturated rings. The van der Waals surface area contributed by atoms with Crippen molar-refractivity contribution < 1.29 is 28.3 Å². The first-order valence-corrected chi connectivity index (χ1v) is 9.15. The normalized spacial score (nSPS) is 18.6. The molecule has 1 aromatic rings. The van der Waals surface area contributed by atoms with Crippen molar-refractivity contribution in [3.8, 4) is 0 Å². The lowest BCUT2D eigenvalue weighted by atomic mass is 9.86. The molecule has 0 unspecified atom stereocenters. The lowest BCUT2D eigenvalue weighted by Crippen LogP contribution is -2.48. The molecular formula is C19H24FN3O5. The number of carbonyl (C=O) groups is 4. The molecule has 2 rings (SSSR count). The van der Waals surface area contributed by atoms with E-state index in [9.17, 15) is 23.6 Å². The molecule has 0 heterocycles. The molecule has 8 nitrogen and oxygen atoms in total. The summed E-state index contributed by atoms with van der Waals surface area (Å²) < 4.78 is 17.8. The standard InChI is InChI=1S/C19H24FN3O5/c1-12-5-2-3-8-15(12)22-19(27)23-16(24)11-28-17(25)10-21-18(26)13-6-4-7-14(20)9-13/h4,6-7,9,12,15H,2-3,5,8,10-11H2,1H3,(H,21,26)(H2,22,23,24,27)/t12-,15-/m0/s1. The van der Waals surface area contributed by atoms with Crippen LogP contribution in [0.4, 0.5) is 9.18 Å². The number of esters is 1. The minimum Gasteiger partial charge on any atom is -0.454 e. The number of hydrogen-bond acceptors (Lipinski definition) is 5. The van der Waals surface area contributed by atoms with E-state index in [0.29, 0.717) is 5.92 Å². The highest BCUT2D eigenvalue weighted by atomic mass is 19.1. The van der Waals surface area contributed by atoms with Gasteiger partial charge in [-0.3, -0.25) is 19.7 Å². The summed E-state index contributed by atoms with van der Waals surface area (Å²) >= 11 is 0. The van der Waals surface area contributed by atoms with Gasteiger partial charge >= 0.3 is 12.0 Å². The van der Waals surface area contributed by atoms with Gasteiger partial charge in [0.25, 0.3) is 11.8 Å². The second-order valence-corrected chi connectivity index (χ2v) is 6.74. The SMILES string of the molecule is C[C@H]1CCCC[C@@H]1NC(=O)NC(=O)COC(=O)CNC(=O)c1cccc(F)c1. The third-order valence-corrected chi connectivity index (χ3v) is 4.53. The first-order chi connectivity index (χ1) is 13.3. The van der Waals surface area contributed by atoms with E-state index in [2.05, 4.69) is 16.0 Å². The maximum atomic E-state index is 13.1. The molecule has 1 aliphatic carbocycles. The Kier molecular flexibility index (Phi) is 7.91. The molecule has 1 aromatic carbocycles. The van der Waals surface area contributed by atoms with E-state index in [4.69, 9.17) is 4.74 Å². The average molecular weight is 393 g/mol. The summed E-state index contributed by atoms with van der Waals surface area (Å²) in [5.74, 6) is -2.52. The summed E-state index contributed by atoms with van der Waals surface area (Å²) in [6, 6.07) is 4.37. The van der Waals surface area contributed by atoms with Crippen molar-refractivity contribution in [3.05, 3.63) is 35.6 Å². The highest BCUT2D eigenvalue weighted by Gasteiger charge is 2.23. The van der Waals surface area contributed by atoms with Crippen molar-refractivity contribution >= 4 is 23.8 Å². The number of ether oxygens (including phenoxy) is 1. The molecule has 0 radical (unpaired) electrons. The number of carbonyl (C=O) groups excluding carboxylic acids is 4. The van der Waals surface area contributed by atoms with Crippen LogP contribution in [0.1, 0.15) is 43.0 Å². The van der Waals surface area contributed by atoms with Gasteiger partial charge in [0.15, 0.2) is 6.61 Å². The van der Waals surface area contributed by atoms with E-state index in [1.807, 2.05) is 6.92 Å². The smallest absolute Gasteiger partial charge is 0.325 e. The van der Waals surface area contributed by atoms with Crippen LogP contribution in [0.15, 0.2) is 24.3 Å². The fraction of sp³-hybridized carbons (Fsp3) is 0.474. The number of halogens is 1. The molecule has 1 aliphatic rings. The van der Waals surface area contributed by atoms with Crippen molar-refractivity contribution in [2.45, 2.75) is 38.6 Å². The minimum absolute atomic E-state index is 0.0159. The van der Waals surface area contributed by atoms with Crippen LogP contribution in [0.2, 0.25) is 0 Å². The summed E-state index contributed by atoms with van der Waals surface area (Å²) in [4.78, 5) is 46.9. The van der Waals surface area contributed by atoms with E-state index in [-0.39, 0.29) is 11.6 Å². The molecule has 1 saturated carbocycles. The summed E-state index contributed by atoms with van der Waals surface area (Å²) in [6.45, 7) is 0.905. The fourth-order valence-corrected chi connectivity index (χ4v) is 2.98. The molecule has 28 heavy (non-hydrogen) atoms. The van der Waals surface area contributed by atoms with Gasteiger partial charge in [-0.15, -0.1) is 0 Å². The number of rotatable bonds is 6. The van der Waals surface area contributed by atoms with Crippen LogP contribution in [0, 0.1) is 11.7 Å². The van der Waals surface area contributed by atoms with Crippen LogP contribution < -0.4 is 16.0 Å². The molecule has 9 heteroatoms. The van der Waals surface area contributed by atoms with Crippen molar-refractivity contribution in [3.63, 3.8) is 0 Å². The Morgan fingerprint density at radius 1 is 1.18 bits per heavy atom. The van der Waals surface area contributed by atoms with Gasteiger partial charge in [-0.2, -0.15) is 0 Å². The van der Waals surface area contributed by atoms with Crippen LogP contribution in [0.5, 0.6) is 0 Å². The predicted octanol–water partition coefficient (Wildman–Crippen LogP) is 1.50. The van der Waals surface area contributed by atoms with E-state index in [1.54, 1.807) is 0 Å². The van der Waals surface area contributed by atoms with Gasteiger partial charge < -0.3 is 15.4 Å². The van der Waals surface area contributed by atoms with Gasteiger partial charge in [0.05, 0.1) is 0 Å². The summed E-state index contributed by atoms with van der Waals surface area (Å²) in [6.07, 6.45) is 4.05. The van der Waals surface area contributed by atoms with Gasteiger partial charge in [-0.1, -0.05) is 25.8 Å². The molecule has 152 valence electrons. The Hall–Kier alpha value is -2.97. The molecule has 0 saturated heterocycles. The van der Waals surface area contributed by atoms with Crippen molar-refractivity contribution in [2.24, 2.45) is 5.92 Å². The van der Waals surface area contributed by atoms with E-state index in [0.717, 1.165) is 31.7 Å². The number of hydrogen-bond donors (Lipinski definition) is 3. The number of imide groups is 1. The summed E-state index contributed by atoms with van der Waals surface area (Å²) in [5, 5.41) is 7.11. The zero-order valence-electron chi connectivity index (χ0n) is 15.6. The monoisotopic (exact) mass is 393 g/mol. The largest absolute Gasteiger partial charge is 0.454 e. The van der Waals surface area contributed by atoms with Gasteiger partial charge in [0, 0.05) is 11.6 Å². The number of urea groups is 1. The van der Waals surface area contributed by atoms with Crippen molar-refractivity contribution in [2.75, 3.05) is 13.2 Å². The zero-order chi connectivity index (χ0) is 20.5. The first kappa shape index (κ1) is 21.3. The highest BCUT2D eigenvalue weighted by Crippen LogP contribution is 2.23. The quantitative estimate of drug-likeness (QED) is 0.634. The second-order valence-electron chi connectivity index (χ2n) is 6.74. The molecule has 3 N–H and O–H groups in total. The van der Waals surface area contributed by atoms with E-state index >= 15 is 0 Å². The minimum atomic E-state index is -0.860. The van der Waals surface area contributed by atoms with Gasteiger partial charge in [0.2, 0.25) is 0 Å². The Labute approximate surface area is 162 Å². The molecular weight excluding hydrogens is 369 g/mol. The van der Waals surface area contributed by atoms with Crippen LogP contribution in [-0.4, -0.2) is 43.0 Å². The third kappa shape index (κ3) is 6.98. The Morgan fingerprint density at radius 2 is 1.93 bits per heavy atom. The van der Waals surface area contributed by atoms with Crippen LogP contribution >= 0.6 is 0 Å². The Morgan fingerprint density at radius 3 is 2.64 bits per heavy atom. The lowest BCUT2D eigenvalue weighted by Gasteiger charge is -2.29. The van der Waals surface area contributed by atoms with Crippen molar-refractivity contribution in [1.82, 2.24) is 16.0 Å². The molecule has 2 atom stereocenters. The summed E-state index contributed by atoms with van der Waals surface area (Å²) in [7, 11) is 0. The molecule has 0 spiro atoms. The number of benzene rings is 1. The second kappa shape index (κ2) is 10.4. The van der Waals surface area contributed by atoms with Gasteiger partial charge in [0.1, 0.15) is 12.4 Å². The molecule has 0 aliphatic heterocycles. The fourth-order valence-electron chi connectivity index (χ4n) is 2.98. The maximum Gasteiger partial charge on any atom is 0.325 e. The lowest BCUT2D eigenvalue weighted by molar-refractivity contribution is -0.147. The van der Waals surface area contributed by atoms with Crippen LogP contribution in [0.25, 0.3) is 0 Å². The Bertz CT molecular complexity index is 740.